The second kappa shape index (κ2) is 6.13. The molecule has 3 aromatic heterocycles. The highest BCUT2D eigenvalue weighted by Gasteiger charge is 2.25. The lowest BCUT2D eigenvalue weighted by atomic mass is 10.0. The van der Waals surface area contributed by atoms with Crippen LogP contribution in [0.4, 0.5) is 0 Å². The molecule has 3 N–H and O–H groups in total. The number of hydrogen-bond donors (Lipinski definition) is 3. The lowest BCUT2D eigenvalue weighted by Gasteiger charge is -2.13. The van der Waals surface area contributed by atoms with Gasteiger partial charge in [-0.2, -0.15) is 0 Å². The molecule has 1 saturated carbocycles. The summed E-state index contributed by atoms with van der Waals surface area (Å²) in [5.74, 6) is 0.145. The van der Waals surface area contributed by atoms with Gasteiger partial charge in [0.25, 0.3) is 5.56 Å². The minimum Gasteiger partial charge on any atom is -0.508 e. The first kappa shape index (κ1) is 17.1. The SMILES string of the molecule is O=c1ccc2c(c1)oc1c(-c3ccc(O)cc3)c3c(=O)[nH]n(C4CCCC4)c3[nH]c12. The Morgan fingerprint density at radius 2 is 1.80 bits per heavy atom. The average molecular weight is 401 g/mol. The number of pyridine rings is 1. The van der Waals surface area contributed by atoms with Crippen molar-refractivity contribution < 1.29 is 9.52 Å². The van der Waals surface area contributed by atoms with Crippen LogP contribution >= 0.6 is 0 Å². The third-order valence-electron chi connectivity index (χ3n) is 6.15. The van der Waals surface area contributed by atoms with Crippen LogP contribution in [0.1, 0.15) is 31.7 Å². The predicted molar refractivity (Wildman–Crippen MR) is 115 cm³/mol. The monoisotopic (exact) mass is 401 g/mol. The summed E-state index contributed by atoms with van der Waals surface area (Å²) >= 11 is 0. The maximum absolute atomic E-state index is 13.1. The molecule has 0 atom stereocenters. The van der Waals surface area contributed by atoms with Crippen LogP contribution in [0.25, 0.3) is 44.2 Å². The number of rotatable bonds is 2. The van der Waals surface area contributed by atoms with Gasteiger partial charge in [-0.3, -0.25) is 19.4 Å². The van der Waals surface area contributed by atoms with E-state index in [0.29, 0.717) is 22.1 Å². The van der Waals surface area contributed by atoms with Crippen LogP contribution in [0.5, 0.6) is 5.75 Å². The molecular formula is C23H19N3O4. The van der Waals surface area contributed by atoms with E-state index in [-0.39, 0.29) is 22.8 Å². The van der Waals surface area contributed by atoms with Crippen molar-refractivity contribution in [2.75, 3.05) is 0 Å². The Morgan fingerprint density at radius 1 is 1.03 bits per heavy atom. The van der Waals surface area contributed by atoms with Gasteiger partial charge in [0.2, 0.25) is 0 Å². The Labute approximate surface area is 169 Å². The summed E-state index contributed by atoms with van der Waals surface area (Å²) < 4.78 is 8.04. The summed E-state index contributed by atoms with van der Waals surface area (Å²) in [6.07, 6.45) is 4.32. The fraction of sp³-hybridized carbons (Fsp3) is 0.217. The van der Waals surface area contributed by atoms with Crippen molar-refractivity contribution in [3.63, 3.8) is 0 Å². The first-order valence-electron chi connectivity index (χ1n) is 10.1. The van der Waals surface area contributed by atoms with Gasteiger partial charge < -0.3 is 14.5 Å². The van der Waals surface area contributed by atoms with Crippen LogP contribution in [0.3, 0.4) is 0 Å². The van der Waals surface area contributed by atoms with Crippen molar-refractivity contribution in [1.82, 2.24) is 14.8 Å². The number of hydrogen-bond acceptors (Lipinski definition) is 4. The molecule has 7 heteroatoms. The van der Waals surface area contributed by atoms with E-state index in [0.717, 1.165) is 47.8 Å². The molecule has 30 heavy (non-hydrogen) atoms. The molecule has 5 aromatic rings. The Hall–Kier alpha value is -3.74. The van der Waals surface area contributed by atoms with E-state index in [2.05, 4.69) is 10.1 Å². The minimum atomic E-state index is -0.192. The van der Waals surface area contributed by atoms with E-state index in [1.807, 2.05) is 4.68 Å². The standard InChI is InChI=1S/C23H19N3O4/c27-14-7-5-12(6-8-14)18-19-22(26(25-23(19)29)13-3-1-2-4-13)24-20-16-10-9-15(28)11-17(16)30-21(18)20/h5-11,13,24,27H,1-4H2,(H,25,29). The Kier molecular flexibility index (Phi) is 3.50. The van der Waals surface area contributed by atoms with Crippen LogP contribution in [0.15, 0.2) is 56.5 Å². The third kappa shape index (κ3) is 2.38. The van der Waals surface area contributed by atoms with Crippen LogP contribution < -0.4 is 11.0 Å². The second-order valence-corrected chi connectivity index (χ2v) is 7.98. The zero-order valence-corrected chi connectivity index (χ0v) is 16.1. The van der Waals surface area contributed by atoms with E-state index in [1.54, 1.807) is 30.3 Å². The molecule has 0 bridgehead atoms. The molecule has 0 aliphatic heterocycles. The highest BCUT2D eigenvalue weighted by atomic mass is 16.3. The minimum absolute atomic E-state index is 0.134. The van der Waals surface area contributed by atoms with Gasteiger partial charge in [0.15, 0.2) is 11.0 Å². The first-order valence-corrected chi connectivity index (χ1v) is 10.1. The number of nitrogens with one attached hydrogen (secondary N) is 2. The number of nitrogens with zero attached hydrogens (tertiary/aromatic N) is 1. The van der Waals surface area contributed by atoms with E-state index < -0.39 is 0 Å². The van der Waals surface area contributed by atoms with Crippen LogP contribution in [0.2, 0.25) is 0 Å². The molecule has 150 valence electrons. The molecule has 7 nitrogen and oxygen atoms in total. The molecule has 6 rings (SSSR count). The second-order valence-electron chi connectivity index (χ2n) is 7.98. The van der Waals surface area contributed by atoms with Gasteiger partial charge >= 0.3 is 0 Å². The summed E-state index contributed by atoms with van der Waals surface area (Å²) in [4.78, 5) is 28.4. The number of phenolic OH excluding ortho intramolecular Hbond substituents is 1. The van der Waals surface area contributed by atoms with Crippen LogP contribution in [-0.4, -0.2) is 19.9 Å². The Balaban J connectivity index is 1.80. The molecule has 3 heterocycles. The number of benzene rings is 2. The van der Waals surface area contributed by atoms with Gasteiger partial charge in [-0.1, -0.05) is 25.0 Å². The summed E-state index contributed by atoms with van der Waals surface area (Å²) in [5.41, 5.74) is 3.54. The number of H-pyrrole nitrogens is 2. The number of furan rings is 1. The third-order valence-corrected chi connectivity index (χ3v) is 6.15. The van der Waals surface area contributed by atoms with Gasteiger partial charge in [0, 0.05) is 17.0 Å². The molecule has 2 aromatic carbocycles. The Morgan fingerprint density at radius 3 is 2.57 bits per heavy atom. The molecule has 0 saturated heterocycles. The van der Waals surface area contributed by atoms with Gasteiger partial charge in [0.05, 0.1) is 16.9 Å². The fourth-order valence-electron chi connectivity index (χ4n) is 4.75. The maximum Gasteiger partial charge on any atom is 0.274 e. The van der Waals surface area contributed by atoms with E-state index in [4.69, 9.17) is 4.42 Å². The van der Waals surface area contributed by atoms with Gasteiger partial charge in [0.1, 0.15) is 17.0 Å². The van der Waals surface area contributed by atoms with E-state index in [1.165, 1.54) is 12.1 Å². The summed E-state index contributed by atoms with van der Waals surface area (Å²) in [6, 6.07) is 11.7. The summed E-state index contributed by atoms with van der Waals surface area (Å²) in [6.45, 7) is 0. The molecule has 0 radical (unpaired) electrons. The van der Waals surface area contributed by atoms with E-state index in [9.17, 15) is 14.7 Å². The molecule has 1 fully saturated rings. The van der Waals surface area contributed by atoms with Crippen molar-refractivity contribution in [1.29, 1.82) is 0 Å². The van der Waals surface area contributed by atoms with Crippen molar-refractivity contribution in [2.24, 2.45) is 0 Å². The lowest BCUT2D eigenvalue weighted by molar-refractivity contribution is 0.475. The number of aromatic hydroxyl groups is 1. The molecular weight excluding hydrogens is 382 g/mol. The van der Waals surface area contributed by atoms with Crippen molar-refractivity contribution in [3.8, 4) is 16.9 Å². The molecule has 0 amide bonds. The highest BCUT2D eigenvalue weighted by Crippen LogP contribution is 2.40. The van der Waals surface area contributed by atoms with Crippen LogP contribution in [0, 0.1) is 0 Å². The zero-order chi connectivity index (χ0) is 20.4. The lowest BCUT2D eigenvalue weighted by Crippen LogP contribution is -2.10. The van der Waals surface area contributed by atoms with Crippen molar-refractivity contribution in [3.05, 3.63) is 63.0 Å². The zero-order valence-electron chi connectivity index (χ0n) is 16.1. The molecule has 1 aliphatic carbocycles. The Bertz CT molecular complexity index is 1540. The van der Waals surface area contributed by atoms with Gasteiger partial charge in [-0.05, 0) is 42.7 Å². The summed E-state index contributed by atoms with van der Waals surface area (Å²) in [7, 11) is 0. The topological polar surface area (TPSA) is 104 Å². The average Bonchev–Trinajstić information content (AvgIpc) is 3.45. The molecule has 1 aliphatic rings. The smallest absolute Gasteiger partial charge is 0.274 e. The maximum atomic E-state index is 13.1. The van der Waals surface area contributed by atoms with Crippen LogP contribution in [-0.2, 0) is 0 Å². The largest absolute Gasteiger partial charge is 0.508 e. The first-order chi connectivity index (χ1) is 14.6. The quantitative estimate of drug-likeness (QED) is 0.408. The number of phenols is 1. The predicted octanol–water partition coefficient (Wildman–Crippen LogP) is 4.41. The molecule has 0 spiro atoms. The highest BCUT2D eigenvalue weighted by molar-refractivity contribution is 6.14. The summed E-state index contributed by atoms with van der Waals surface area (Å²) in [5, 5.41) is 14.1. The van der Waals surface area contributed by atoms with Crippen molar-refractivity contribution >= 4 is 33.1 Å². The number of aromatic nitrogens is 3. The van der Waals surface area contributed by atoms with Gasteiger partial charge in [-0.15, -0.1) is 0 Å². The van der Waals surface area contributed by atoms with Crippen molar-refractivity contribution in [2.45, 2.75) is 31.7 Å². The number of fused-ring (bicyclic) bond motifs is 4. The molecule has 0 unspecified atom stereocenters. The van der Waals surface area contributed by atoms with E-state index >= 15 is 0 Å². The number of aromatic amines is 2. The van der Waals surface area contributed by atoms with Gasteiger partial charge in [-0.25, -0.2) is 0 Å². The normalized spacial score (nSPS) is 15.1. The fourth-order valence-corrected chi connectivity index (χ4v) is 4.75.